The van der Waals surface area contributed by atoms with Crippen LogP contribution in [0.4, 0.5) is 0 Å². The molecule has 0 aromatic carbocycles. The molecule has 0 bridgehead atoms. The summed E-state index contributed by atoms with van der Waals surface area (Å²) in [6, 6.07) is 3.56. The van der Waals surface area contributed by atoms with E-state index >= 15 is 0 Å². The number of aryl methyl sites for hydroxylation is 2. The number of pyridine rings is 1. The molecule has 0 radical (unpaired) electrons. The van der Waals surface area contributed by atoms with Gasteiger partial charge in [-0.1, -0.05) is 0 Å². The second-order valence-corrected chi connectivity index (χ2v) is 3.81. The van der Waals surface area contributed by atoms with E-state index in [1.165, 1.54) is 10.9 Å². The lowest BCUT2D eigenvalue weighted by atomic mass is 10.2. The van der Waals surface area contributed by atoms with E-state index in [-0.39, 0.29) is 12.2 Å². The molecule has 0 atom stereocenters. The topological polar surface area (TPSA) is 77.2 Å². The fourth-order valence-corrected chi connectivity index (χ4v) is 1.58. The molecular formula is C12H13N3O3. The van der Waals surface area contributed by atoms with Crippen LogP contribution >= 0.6 is 0 Å². The molecule has 1 N–H and O–H groups in total. The molecule has 0 saturated carbocycles. The van der Waals surface area contributed by atoms with Gasteiger partial charge in [-0.05, 0) is 19.1 Å². The Morgan fingerprint density at radius 3 is 3.00 bits per heavy atom. The summed E-state index contributed by atoms with van der Waals surface area (Å²) in [7, 11) is 1.68. The summed E-state index contributed by atoms with van der Waals surface area (Å²) in [6.07, 6.45) is 2.99. The highest BCUT2D eigenvalue weighted by Crippen LogP contribution is 2.17. The van der Waals surface area contributed by atoms with Crippen LogP contribution in [0.3, 0.4) is 0 Å². The Morgan fingerprint density at radius 2 is 2.33 bits per heavy atom. The fourth-order valence-electron chi connectivity index (χ4n) is 1.58. The predicted octanol–water partition coefficient (Wildman–Crippen LogP) is 1.40. The van der Waals surface area contributed by atoms with Crippen LogP contribution in [0.2, 0.25) is 0 Å². The van der Waals surface area contributed by atoms with E-state index in [0.29, 0.717) is 11.4 Å². The molecule has 0 saturated heterocycles. The van der Waals surface area contributed by atoms with E-state index < -0.39 is 5.97 Å². The Morgan fingerprint density at radius 1 is 1.56 bits per heavy atom. The maximum absolute atomic E-state index is 11.0. The Hall–Kier alpha value is -2.37. The second kappa shape index (κ2) is 4.87. The number of carboxylic acid groups (broad SMARTS) is 1. The number of ether oxygens (including phenoxy) is 1. The maximum atomic E-state index is 11.0. The van der Waals surface area contributed by atoms with Gasteiger partial charge in [0.25, 0.3) is 0 Å². The molecule has 2 aromatic rings. The van der Waals surface area contributed by atoms with Gasteiger partial charge in [-0.3, -0.25) is 9.67 Å². The summed E-state index contributed by atoms with van der Waals surface area (Å²) in [5.41, 5.74) is 1.43. The lowest BCUT2D eigenvalue weighted by Crippen LogP contribution is -2.09. The minimum Gasteiger partial charge on any atom is -0.485 e. The zero-order valence-corrected chi connectivity index (χ0v) is 10.1. The molecule has 0 fully saturated rings. The van der Waals surface area contributed by atoms with Gasteiger partial charge in [0.15, 0.2) is 0 Å². The van der Waals surface area contributed by atoms with E-state index in [1.54, 1.807) is 25.4 Å². The van der Waals surface area contributed by atoms with E-state index in [9.17, 15) is 4.79 Å². The lowest BCUT2D eigenvalue weighted by molar-refractivity contribution is 0.0693. The highest BCUT2D eigenvalue weighted by molar-refractivity contribution is 5.88. The van der Waals surface area contributed by atoms with Gasteiger partial charge in [0, 0.05) is 13.2 Å². The molecule has 0 aliphatic rings. The molecule has 2 rings (SSSR count). The fraction of sp³-hybridized carbons (Fsp3) is 0.250. The number of nitrogens with zero attached hydrogens (tertiary/aromatic N) is 3. The van der Waals surface area contributed by atoms with Crippen LogP contribution in [0.1, 0.15) is 21.7 Å². The Bertz CT molecular complexity index is 578. The molecular weight excluding hydrogens is 234 g/mol. The summed E-state index contributed by atoms with van der Waals surface area (Å²) in [5, 5.41) is 12.9. The first kappa shape index (κ1) is 12.1. The van der Waals surface area contributed by atoms with E-state index in [4.69, 9.17) is 9.84 Å². The number of aromatic nitrogens is 3. The predicted molar refractivity (Wildman–Crippen MR) is 63.5 cm³/mol. The van der Waals surface area contributed by atoms with Crippen molar-refractivity contribution in [2.75, 3.05) is 0 Å². The van der Waals surface area contributed by atoms with Crippen molar-refractivity contribution in [3.63, 3.8) is 0 Å². The summed E-state index contributed by atoms with van der Waals surface area (Å²) < 4.78 is 7.06. The third kappa shape index (κ3) is 2.32. The van der Waals surface area contributed by atoms with Gasteiger partial charge in [0.1, 0.15) is 17.9 Å². The molecule has 0 unspecified atom stereocenters. The van der Waals surface area contributed by atoms with Crippen molar-refractivity contribution in [1.29, 1.82) is 0 Å². The highest BCUT2D eigenvalue weighted by Gasteiger charge is 2.15. The van der Waals surface area contributed by atoms with Crippen LogP contribution in [0.5, 0.6) is 5.75 Å². The first-order chi connectivity index (χ1) is 8.59. The van der Waals surface area contributed by atoms with Crippen molar-refractivity contribution in [3.05, 3.63) is 41.5 Å². The molecule has 0 spiro atoms. The third-order valence-electron chi connectivity index (χ3n) is 2.61. The van der Waals surface area contributed by atoms with Crippen LogP contribution in [-0.2, 0) is 13.7 Å². The van der Waals surface area contributed by atoms with Crippen LogP contribution in [0.25, 0.3) is 0 Å². The summed E-state index contributed by atoms with van der Waals surface area (Å²) in [5.74, 6) is -0.375. The summed E-state index contributed by atoms with van der Waals surface area (Å²) in [6.45, 7) is 1.97. The maximum Gasteiger partial charge on any atom is 0.339 e. The average molecular weight is 247 g/mol. The zero-order chi connectivity index (χ0) is 13.1. The smallest absolute Gasteiger partial charge is 0.339 e. The highest BCUT2D eigenvalue weighted by atomic mass is 16.5. The first-order valence-electron chi connectivity index (χ1n) is 5.38. The zero-order valence-electron chi connectivity index (χ0n) is 10.1. The third-order valence-corrected chi connectivity index (χ3v) is 2.61. The molecule has 94 valence electrons. The van der Waals surface area contributed by atoms with Crippen molar-refractivity contribution in [2.45, 2.75) is 13.5 Å². The van der Waals surface area contributed by atoms with Crippen molar-refractivity contribution in [2.24, 2.45) is 7.05 Å². The number of rotatable bonds is 4. The number of hydrogen-bond donors (Lipinski definition) is 1. The van der Waals surface area contributed by atoms with Crippen molar-refractivity contribution in [3.8, 4) is 5.75 Å². The number of carboxylic acids is 1. The summed E-state index contributed by atoms with van der Waals surface area (Å²) >= 11 is 0. The monoisotopic (exact) mass is 247 g/mol. The average Bonchev–Trinajstić information content (AvgIpc) is 2.70. The molecule has 2 aromatic heterocycles. The Kier molecular flexibility index (Phi) is 3.27. The van der Waals surface area contributed by atoms with Gasteiger partial charge < -0.3 is 9.84 Å². The Balaban J connectivity index is 2.18. The number of hydrogen-bond acceptors (Lipinski definition) is 4. The molecule has 2 heterocycles. The van der Waals surface area contributed by atoms with Gasteiger partial charge >= 0.3 is 5.97 Å². The molecule has 6 heteroatoms. The van der Waals surface area contributed by atoms with Crippen molar-refractivity contribution < 1.29 is 14.6 Å². The number of aromatic carboxylic acids is 1. The van der Waals surface area contributed by atoms with E-state index in [0.717, 1.165) is 5.69 Å². The largest absolute Gasteiger partial charge is 0.485 e. The van der Waals surface area contributed by atoms with Crippen LogP contribution in [0, 0.1) is 6.92 Å². The summed E-state index contributed by atoms with van der Waals surface area (Å²) in [4.78, 5) is 15.1. The SMILES string of the molecule is Cc1ncccc1OCc1c(C(=O)O)cnn1C. The lowest BCUT2D eigenvalue weighted by Gasteiger charge is -2.09. The van der Waals surface area contributed by atoms with Gasteiger partial charge in [0.2, 0.25) is 0 Å². The van der Waals surface area contributed by atoms with Crippen LogP contribution < -0.4 is 4.74 Å². The Labute approximate surface area is 104 Å². The second-order valence-electron chi connectivity index (χ2n) is 3.81. The van der Waals surface area contributed by atoms with E-state index in [1.807, 2.05) is 6.92 Å². The van der Waals surface area contributed by atoms with E-state index in [2.05, 4.69) is 10.1 Å². The molecule has 0 aliphatic carbocycles. The van der Waals surface area contributed by atoms with Gasteiger partial charge in [-0.2, -0.15) is 5.10 Å². The van der Waals surface area contributed by atoms with Crippen molar-refractivity contribution in [1.82, 2.24) is 14.8 Å². The van der Waals surface area contributed by atoms with Crippen molar-refractivity contribution >= 4 is 5.97 Å². The minimum atomic E-state index is -1.01. The van der Waals surface area contributed by atoms with Crippen LogP contribution in [0.15, 0.2) is 24.5 Å². The molecule has 6 nitrogen and oxygen atoms in total. The molecule has 18 heavy (non-hydrogen) atoms. The van der Waals surface area contributed by atoms with Crippen LogP contribution in [-0.4, -0.2) is 25.8 Å². The normalized spacial score (nSPS) is 10.3. The minimum absolute atomic E-state index is 0.144. The quantitative estimate of drug-likeness (QED) is 0.883. The van der Waals surface area contributed by atoms with Gasteiger partial charge in [-0.25, -0.2) is 4.79 Å². The first-order valence-corrected chi connectivity index (χ1v) is 5.38. The van der Waals surface area contributed by atoms with Gasteiger partial charge in [-0.15, -0.1) is 0 Å². The standard InChI is InChI=1S/C12H13N3O3/c1-8-11(4-3-5-13-8)18-7-10-9(12(16)17)6-14-15(10)2/h3-6H,7H2,1-2H3,(H,16,17). The molecule has 0 aliphatic heterocycles. The molecule has 0 amide bonds. The number of carbonyl (C=O) groups is 1. The van der Waals surface area contributed by atoms with Gasteiger partial charge in [0.05, 0.1) is 17.6 Å².